The minimum absolute atomic E-state index is 0.0426. The lowest BCUT2D eigenvalue weighted by atomic mass is 9.64. The molecule has 0 radical (unpaired) electrons. The summed E-state index contributed by atoms with van der Waals surface area (Å²) in [5.41, 5.74) is 2.45. The molecule has 1 N–H and O–H groups in total. The highest BCUT2D eigenvalue weighted by atomic mass is 79.9. The van der Waals surface area contributed by atoms with Crippen LogP contribution in [-0.4, -0.2) is 11.1 Å². The molecule has 98 valence electrons. The number of benzene rings is 1. The maximum atomic E-state index is 11.5. The summed E-state index contributed by atoms with van der Waals surface area (Å²) in [4.78, 5) is 11.5. The van der Waals surface area contributed by atoms with Crippen molar-refractivity contribution >= 4 is 21.9 Å². The predicted octanol–water partition coefficient (Wildman–Crippen LogP) is 4.23. The molecule has 0 amide bonds. The predicted molar refractivity (Wildman–Crippen MR) is 75.8 cm³/mol. The van der Waals surface area contributed by atoms with E-state index in [-0.39, 0.29) is 17.3 Å². The van der Waals surface area contributed by atoms with Gasteiger partial charge in [0.1, 0.15) is 0 Å². The van der Waals surface area contributed by atoms with Crippen LogP contribution in [0.4, 0.5) is 0 Å². The molecule has 0 aromatic heterocycles. The number of carbonyl (C=O) groups is 1. The Labute approximate surface area is 117 Å². The van der Waals surface area contributed by atoms with Gasteiger partial charge in [-0.3, -0.25) is 4.79 Å². The topological polar surface area (TPSA) is 37.3 Å². The molecule has 2 nitrogen and oxygen atoms in total. The Bertz CT molecular complexity index is 474. The SMILES string of the molecule is CC(C)(C)C1c2cccc(Br)c2CCC1C(=O)O. The molecule has 0 saturated heterocycles. The molecule has 1 aromatic carbocycles. The second kappa shape index (κ2) is 4.69. The maximum Gasteiger partial charge on any atom is 0.307 e. The summed E-state index contributed by atoms with van der Waals surface area (Å²) in [6.45, 7) is 6.39. The van der Waals surface area contributed by atoms with Crippen LogP contribution in [0.3, 0.4) is 0 Å². The number of aliphatic carboxylic acids is 1. The van der Waals surface area contributed by atoms with Crippen LogP contribution in [0.1, 0.15) is 44.2 Å². The molecule has 18 heavy (non-hydrogen) atoms. The van der Waals surface area contributed by atoms with Gasteiger partial charge in [-0.1, -0.05) is 48.8 Å². The molecule has 0 bridgehead atoms. The first-order valence-electron chi connectivity index (χ1n) is 6.32. The first-order valence-corrected chi connectivity index (χ1v) is 7.11. The molecule has 0 fully saturated rings. The van der Waals surface area contributed by atoms with E-state index in [1.54, 1.807) is 0 Å². The Kier molecular flexibility index (Phi) is 3.54. The quantitative estimate of drug-likeness (QED) is 0.843. The fraction of sp³-hybridized carbons (Fsp3) is 0.533. The fourth-order valence-corrected chi connectivity index (χ4v) is 3.73. The number of rotatable bonds is 1. The third-order valence-corrected chi connectivity index (χ3v) is 4.59. The van der Waals surface area contributed by atoms with Crippen molar-refractivity contribution < 1.29 is 9.90 Å². The Hall–Kier alpha value is -0.830. The van der Waals surface area contributed by atoms with Crippen LogP contribution in [0.2, 0.25) is 0 Å². The first kappa shape index (κ1) is 13.6. The van der Waals surface area contributed by atoms with Gasteiger partial charge in [0.15, 0.2) is 0 Å². The van der Waals surface area contributed by atoms with Crippen molar-refractivity contribution in [2.24, 2.45) is 11.3 Å². The van der Waals surface area contributed by atoms with E-state index in [0.717, 1.165) is 17.3 Å². The summed E-state index contributed by atoms with van der Waals surface area (Å²) < 4.78 is 1.11. The Balaban J connectivity index is 2.56. The number of halogens is 1. The average Bonchev–Trinajstić information content (AvgIpc) is 2.26. The Morgan fingerprint density at radius 1 is 1.39 bits per heavy atom. The van der Waals surface area contributed by atoms with Crippen molar-refractivity contribution in [3.05, 3.63) is 33.8 Å². The van der Waals surface area contributed by atoms with E-state index in [2.05, 4.69) is 42.8 Å². The number of hydrogen-bond acceptors (Lipinski definition) is 1. The molecule has 1 aliphatic carbocycles. The van der Waals surface area contributed by atoms with Crippen LogP contribution in [0.15, 0.2) is 22.7 Å². The van der Waals surface area contributed by atoms with Crippen LogP contribution in [0.5, 0.6) is 0 Å². The van der Waals surface area contributed by atoms with E-state index in [1.165, 1.54) is 11.1 Å². The number of fused-ring (bicyclic) bond motifs is 1. The molecule has 2 unspecified atom stereocenters. The van der Waals surface area contributed by atoms with E-state index in [0.29, 0.717) is 0 Å². The molecule has 2 rings (SSSR count). The van der Waals surface area contributed by atoms with E-state index >= 15 is 0 Å². The minimum atomic E-state index is -0.666. The summed E-state index contributed by atoms with van der Waals surface area (Å²) in [6.07, 6.45) is 1.58. The molecule has 1 aliphatic rings. The maximum absolute atomic E-state index is 11.5. The Morgan fingerprint density at radius 2 is 2.06 bits per heavy atom. The van der Waals surface area contributed by atoms with Crippen LogP contribution in [0, 0.1) is 11.3 Å². The second-order valence-corrected chi connectivity index (χ2v) is 6.99. The summed E-state index contributed by atoms with van der Waals surface area (Å²) in [7, 11) is 0. The molecule has 3 heteroatoms. The van der Waals surface area contributed by atoms with Crippen LogP contribution < -0.4 is 0 Å². The molecule has 2 atom stereocenters. The van der Waals surface area contributed by atoms with Crippen LogP contribution >= 0.6 is 15.9 Å². The summed E-state index contributed by atoms with van der Waals surface area (Å²) in [5, 5.41) is 9.46. The van der Waals surface area contributed by atoms with E-state index < -0.39 is 5.97 Å². The van der Waals surface area contributed by atoms with Crippen molar-refractivity contribution in [1.82, 2.24) is 0 Å². The molecule has 0 aliphatic heterocycles. The van der Waals surface area contributed by atoms with Gasteiger partial charge in [-0.15, -0.1) is 0 Å². The van der Waals surface area contributed by atoms with Gasteiger partial charge in [0.05, 0.1) is 5.92 Å². The lowest BCUT2D eigenvalue weighted by molar-refractivity contribution is -0.144. The van der Waals surface area contributed by atoms with Gasteiger partial charge in [0, 0.05) is 10.4 Å². The van der Waals surface area contributed by atoms with Crippen molar-refractivity contribution in [1.29, 1.82) is 0 Å². The van der Waals surface area contributed by atoms with Crippen LogP contribution in [0.25, 0.3) is 0 Å². The van der Waals surface area contributed by atoms with Gasteiger partial charge in [-0.05, 0) is 35.4 Å². The van der Waals surface area contributed by atoms with E-state index in [4.69, 9.17) is 0 Å². The highest BCUT2D eigenvalue weighted by Crippen LogP contribution is 2.48. The second-order valence-electron chi connectivity index (χ2n) is 6.13. The normalized spacial score (nSPS) is 23.6. The summed E-state index contributed by atoms with van der Waals surface area (Å²) >= 11 is 3.59. The van der Waals surface area contributed by atoms with Gasteiger partial charge >= 0.3 is 5.97 Å². The van der Waals surface area contributed by atoms with Gasteiger partial charge < -0.3 is 5.11 Å². The van der Waals surface area contributed by atoms with E-state index in [9.17, 15) is 9.90 Å². The van der Waals surface area contributed by atoms with Crippen molar-refractivity contribution in [2.75, 3.05) is 0 Å². The molecular weight excluding hydrogens is 292 g/mol. The van der Waals surface area contributed by atoms with Gasteiger partial charge in [-0.25, -0.2) is 0 Å². The zero-order valence-electron chi connectivity index (χ0n) is 11.0. The molecule has 0 heterocycles. The minimum Gasteiger partial charge on any atom is -0.481 e. The first-order chi connectivity index (χ1) is 8.32. The lowest BCUT2D eigenvalue weighted by Crippen LogP contribution is -2.35. The van der Waals surface area contributed by atoms with Crippen molar-refractivity contribution in [3.63, 3.8) is 0 Å². The number of hydrogen-bond donors (Lipinski definition) is 1. The highest BCUT2D eigenvalue weighted by Gasteiger charge is 2.41. The molecule has 1 aromatic rings. The third kappa shape index (κ3) is 2.33. The largest absolute Gasteiger partial charge is 0.481 e. The molecular formula is C15H19BrO2. The third-order valence-electron chi connectivity index (χ3n) is 3.85. The zero-order chi connectivity index (χ0) is 13.5. The standard InChI is InChI=1S/C15H19BrO2/c1-15(2,3)13-10-5-4-6-12(16)9(10)7-8-11(13)14(17)18/h4-6,11,13H,7-8H2,1-3H3,(H,17,18). The monoisotopic (exact) mass is 310 g/mol. The fourth-order valence-electron chi connectivity index (χ4n) is 3.15. The Morgan fingerprint density at radius 3 is 2.61 bits per heavy atom. The zero-order valence-corrected chi connectivity index (χ0v) is 12.6. The summed E-state index contributed by atoms with van der Waals surface area (Å²) in [5.74, 6) is -0.858. The smallest absolute Gasteiger partial charge is 0.307 e. The van der Waals surface area contributed by atoms with Gasteiger partial charge in [-0.2, -0.15) is 0 Å². The van der Waals surface area contributed by atoms with Crippen molar-refractivity contribution in [3.8, 4) is 0 Å². The number of carboxylic acids is 1. The van der Waals surface area contributed by atoms with Crippen LogP contribution in [-0.2, 0) is 11.2 Å². The molecule has 0 saturated carbocycles. The summed E-state index contributed by atoms with van der Waals surface area (Å²) in [6, 6.07) is 6.14. The molecule has 0 spiro atoms. The van der Waals surface area contributed by atoms with Gasteiger partial charge in [0.25, 0.3) is 0 Å². The number of carboxylic acid groups (broad SMARTS) is 1. The van der Waals surface area contributed by atoms with Crippen molar-refractivity contribution in [2.45, 2.75) is 39.5 Å². The highest BCUT2D eigenvalue weighted by molar-refractivity contribution is 9.10. The lowest BCUT2D eigenvalue weighted by Gasteiger charge is -2.40. The van der Waals surface area contributed by atoms with Gasteiger partial charge in [0.2, 0.25) is 0 Å². The average molecular weight is 311 g/mol. The van der Waals surface area contributed by atoms with E-state index in [1.807, 2.05) is 12.1 Å².